The van der Waals surface area contributed by atoms with Gasteiger partial charge in [0, 0.05) is 13.0 Å². The van der Waals surface area contributed by atoms with Crippen molar-refractivity contribution in [2.75, 3.05) is 6.61 Å². The molecule has 4 saturated carbocycles. The number of aliphatic carboxylic acids is 1. The SMILES string of the molecule is CCOC1CCC2(C)C(C1)CC(O)C1C2CC(O)C2(C)C(C(C)CCC(=O)O)CCC12. The minimum atomic E-state index is -0.736. The lowest BCUT2D eigenvalue weighted by Crippen LogP contribution is -2.62. The normalized spacial score (nSPS) is 50.3. The van der Waals surface area contributed by atoms with Crippen molar-refractivity contribution in [3.63, 3.8) is 0 Å². The third kappa shape index (κ3) is 3.77. The second kappa shape index (κ2) is 8.61. The molecule has 3 N–H and O–H groups in total. The molecule has 0 radical (unpaired) electrons. The predicted molar refractivity (Wildman–Crippen MR) is 119 cm³/mol. The van der Waals surface area contributed by atoms with Gasteiger partial charge in [-0.15, -0.1) is 0 Å². The number of hydrogen-bond donors (Lipinski definition) is 3. The first-order valence-corrected chi connectivity index (χ1v) is 12.8. The van der Waals surface area contributed by atoms with Gasteiger partial charge in [0.25, 0.3) is 0 Å². The summed E-state index contributed by atoms with van der Waals surface area (Å²) >= 11 is 0. The van der Waals surface area contributed by atoms with Crippen molar-refractivity contribution in [3.8, 4) is 0 Å². The minimum Gasteiger partial charge on any atom is -0.481 e. The molecule has 0 aromatic rings. The van der Waals surface area contributed by atoms with Crippen LogP contribution in [0.5, 0.6) is 0 Å². The Hall–Kier alpha value is -0.650. The van der Waals surface area contributed by atoms with Gasteiger partial charge < -0.3 is 20.1 Å². The van der Waals surface area contributed by atoms with Crippen LogP contribution in [0.1, 0.15) is 85.5 Å². The van der Waals surface area contributed by atoms with Crippen molar-refractivity contribution in [3.05, 3.63) is 0 Å². The van der Waals surface area contributed by atoms with Gasteiger partial charge in [-0.2, -0.15) is 0 Å². The molecule has 5 heteroatoms. The number of aliphatic hydroxyl groups is 2. The first kappa shape index (κ1) is 23.5. The Morgan fingerprint density at radius 1 is 1.10 bits per heavy atom. The first-order chi connectivity index (χ1) is 14.6. The summed E-state index contributed by atoms with van der Waals surface area (Å²) in [4.78, 5) is 11.1. The molecule has 4 rings (SSSR count). The van der Waals surface area contributed by atoms with Gasteiger partial charge in [0.2, 0.25) is 0 Å². The van der Waals surface area contributed by atoms with Crippen molar-refractivity contribution in [1.29, 1.82) is 0 Å². The van der Waals surface area contributed by atoms with E-state index >= 15 is 0 Å². The Morgan fingerprint density at radius 2 is 1.84 bits per heavy atom. The Labute approximate surface area is 187 Å². The van der Waals surface area contributed by atoms with E-state index in [4.69, 9.17) is 9.84 Å². The molecule has 4 fully saturated rings. The fraction of sp³-hybridized carbons (Fsp3) is 0.962. The van der Waals surface area contributed by atoms with E-state index in [0.29, 0.717) is 36.2 Å². The Bertz CT molecular complexity index is 666. The fourth-order valence-electron chi connectivity index (χ4n) is 9.05. The first-order valence-electron chi connectivity index (χ1n) is 12.8. The van der Waals surface area contributed by atoms with E-state index in [2.05, 4.69) is 27.7 Å². The molecule has 0 aromatic heterocycles. The number of carboxylic acids is 1. The van der Waals surface area contributed by atoms with E-state index in [1.807, 2.05) is 0 Å². The second-order valence-corrected chi connectivity index (χ2v) is 11.9. The molecule has 0 aliphatic heterocycles. The van der Waals surface area contributed by atoms with Crippen LogP contribution in [0.3, 0.4) is 0 Å². The number of fused-ring (bicyclic) bond motifs is 5. The summed E-state index contributed by atoms with van der Waals surface area (Å²) in [6.07, 6.45) is 7.52. The summed E-state index contributed by atoms with van der Waals surface area (Å²) in [6, 6.07) is 0. The lowest BCUT2D eigenvalue weighted by Gasteiger charge is -2.63. The van der Waals surface area contributed by atoms with Crippen molar-refractivity contribution < 1.29 is 24.9 Å². The molecule has 11 atom stereocenters. The number of ether oxygens (including phenoxy) is 1. The van der Waals surface area contributed by atoms with E-state index in [9.17, 15) is 15.0 Å². The molecule has 4 aliphatic rings. The van der Waals surface area contributed by atoms with Crippen LogP contribution in [-0.4, -0.2) is 46.2 Å². The van der Waals surface area contributed by atoms with Crippen molar-refractivity contribution in [2.24, 2.45) is 46.3 Å². The number of carbonyl (C=O) groups is 1. The zero-order valence-electron chi connectivity index (χ0n) is 19.9. The maximum absolute atomic E-state index is 11.6. The van der Waals surface area contributed by atoms with Gasteiger partial charge in [-0.25, -0.2) is 0 Å². The minimum absolute atomic E-state index is 0.173. The van der Waals surface area contributed by atoms with E-state index in [0.717, 1.165) is 51.6 Å². The third-order valence-electron chi connectivity index (χ3n) is 10.7. The topological polar surface area (TPSA) is 87.0 Å². The highest BCUT2D eigenvalue weighted by Gasteiger charge is 2.65. The molecule has 178 valence electrons. The number of carboxylic acid groups (broad SMARTS) is 1. The van der Waals surface area contributed by atoms with Gasteiger partial charge in [0.05, 0.1) is 18.3 Å². The van der Waals surface area contributed by atoms with Crippen LogP contribution in [0.2, 0.25) is 0 Å². The standard InChI is InChI=1S/C26H44O5/c1-5-31-17-10-11-25(3)16(12-17)13-21(27)24-19-8-7-18(15(2)6-9-23(29)30)26(19,4)22(28)14-20(24)25/h15-22,24,27-28H,5-14H2,1-4H3,(H,29,30). The second-order valence-electron chi connectivity index (χ2n) is 11.9. The molecule has 0 bridgehead atoms. The molecule has 31 heavy (non-hydrogen) atoms. The average Bonchev–Trinajstić information content (AvgIpc) is 3.07. The molecule has 0 amide bonds. The van der Waals surface area contributed by atoms with Crippen molar-refractivity contribution >= 4 is 5.97 Å². The Balaban J connectivity index is 1.57. The lowest BCUT2D eigenvalue weighted by atomic mass is 9.43. The summed E-state index contributed by atoms with van der Waals surface area (Å²) in [7, 11) is 0. The van der Waals surface area contributed by atoms with Crippen LogP contribution in [0.4, 0.5) is 0 Å². The quantitative estimate of drug-likeness (QED) is 0.571. The van der Waals surface area contributed by atoms with E-state index in [-0.39, 0.29) is 41.3 Å². The molecule has 4 aliphatic carbocycles. The Kier molecular flexibility index (Phi) is 6.53. The monoisotopic (exact) mass is 436 g/mol. The smallest absolute Gasteiger partial charge is 0.303 e. The van der Waals surface area contributed by atoms with Crippen LogP contribution < -0.4 is 0 Å². The predicted octanol–water partition coefficient (Wildman–Crippen LogP) is 4.49. The van der Waals surface area contributed by atoms with Gasteiger partial charge in [-0.1, -0.05) is 20.8 Å². The molecular weight excluding hydrogens is 392 g/mol. The summed E-state index contributed by atoms with van der Waals surface area (Å²) in [6.45, 7) is 9.67. The number of rotatable bonds is 6. The van der Waals surface area contributed by atoms with Gasteiger partial charge in [0.15, 0.2) is 0 Å². The molecule has 0 heterocycles. The lowest BCUT2D eigenvalue weighted by molar-refractivity contribution is -0.209. The molecule has 0 aromatic carbocycles. The molecule has 5 nitrogen and oxygen atoms in total. The summed E-state index contributed by atoms with van der Waals surface area (Å²) in [5.74, 6) is 1.30. The number of aliphatic hydroxyl groups excluding tert-OH is 2. The highest BCUT2D eigenvalue weighted by Crippen LogP contribution is 2.68. The number of hydrogen-bond acceptors (Lipinski definition) is 4. The summed E-state index contributed by atoms with van der Waals surface area (Å²) in [5.41, 5.74) is -0.0431. The highest BCUT2D eigenvalue weighted by molar-refractivity contribution is 5.66. The zero-order valence-corrected chi connectivity index (χ0v) is 19.9. The zero-order chi connectivity index (χ0) is 22.6. The molecule has 0 saturated heterocycles. The molecule has 11 unspecified atom stereocenters. The van der Waals surface area contributed by atoms with E-state index < -0.39 is 5.97 Å². The molecular formula is C26H44O5. The van der Waals surface area contributed by atoms with Gasteiger partial charge >= 0.3 is 5.97 Å². The van der Waals surface area contributed by atoms with Gasteiger partial charge in [-0.05, 0) is 105 Å². The summed E-state index contributed by atoms with van der Waals surface area (Å²) in [5, 5.41) is 32.1. The highest BCUT2D eigenvalue weighted by atomic mass is 16.5. The maximum atomic E-state index is 11.6. The van der Waals surface area contributed by atoms with Crippen LogP contribution >= 0.6 is 0 Å². The molecule has 0 spiro atoms. The van der Waals surface area contributed by atoms with Gasteiger partial charge in [-0.3, -0.25) is 4.79 Å². The van der Waals surface area contributed by atoms with Crippen molar-refractivity contribution in [1.82, 2.24) is 0 Å². The van der Waals surface area contributed by atoms with Gasteiger partial charge in [0.1, 0.15) is 0 Å². The van der Waals surface area contributed by atoms with E-state index in [1.54, 1.807) is 0 Å². The Morgan fingerprint density at radius 3 is 2.52 bits per heavy atom. The van der Waals surface area contributed by atoms with Crippen LogP contribution in [0.25, 0.3) is 0 Å². The van der Waals surface area contributed by atoms with Crippen LogP contribution in [-0.2, 0) is 9.53 Å². The third-order valence-corrected chi connectivity index (χ3v) is 10.7. The van der Waals surface area contributed by atoms with Crippen LogP contribution in [0, 0.1) is 46.3 Å². The summed E-state index contributed by atoms with van der Waals surface area (Å²) < 4.78 is 5.96. The van der Waals surface area contributed by atoms with Crippen molar-refractivity contribution in [2.45, 2.75) is 104 Å². The average molecular weight is 437 g/mol. The van der Waals surface area contributed by atoms with Crippen LogP contribution in [0.15, 0.2) is 0 Å². The largest absolute Gasteiger partial charge is 0.481 e. The maximum Gasteiger partial charge on any atom is 0.303 e. The van der Waals surface area contributed by atoms with E-state index in [1.165, 1.54) is 0 Å². The fourth-order valence-corrected chi connectivity index (χ4v) is 9.05.